The molecule has 1 aliphatic heterocycles. The molecule has 0 aliphatic carbocycles. The summed E-state index contributed by atoms with van der Waals surface area (Å²) >= 11 is 0. The highest BCUT2D eigenvalue weighted by molar-refractivity contribution is 5.44. The fourth-order valence-electron chi connectivity index (χ4n) is 2.33. The van der Waals surface area contributed by atoms with Crippen molar-refractivity contribution in [1.29, 1.82) is 0 Å². The fraction of sp³-hybridized carbons (Fsp3) is 0.667. The average molecular weight is 220 g/mol. The normalized spacial score (nSPS) is 25.8. The molecular weight excluding hydrogens is 200 g/mol. The number of nitrogens with two attached hydrogens (primary N) is 1. The zero-order valence-corrected chi connectivity index (χ0v) is 10.3. The number of nitrogens with zero attached hydrogens (tertiary/aromatic N) is 3. The average Bonchev–Trinajstić information content (AvgIpc) is 2.20. The molecule has 4 heteroatoms. The summed E-state index contributed by atoms with van der Waals surface area (Å²) < 4.78 is 0. The van der Waals surface area contributed by atoms with Crippen molar-refractivity contribution in [2.45, 2.75) is 39.7 Å². The summed E-state index contributed by atoms with van der Waals surface area (Å²) in [4.78, 5) is 10.8. The molecule has 1 aromatic rings. The van der Waals surface area contributed by atoms with E-state index in [4.69, 9.17) is 5.73 Å². The van der Waals surface area contributed by atoms with Gasteiger partial charge in [-0.3, -0.25) is 0 Å². The van der Waals surface area contributed by atoms with E-state index in [0.717, 1.165) is 24.0 Å². The first-order valence-corrected chi connectivity index (χ1v) is 5.94. The van der Waals surface area contributed by atoms with Gasteiger partial charge in [0.05, 0.1) is 0 Å². The SMILES string of the molecule is Cc1cc(N2CC(C)CCC2C)nc(N)n1. The Balaban J connectivity index is 2.27. The van der Waals surface area contributed by atoms with Crippen molar-refractivity contribution in [2.24, 2.45) is 5.92 Å². The van der Waals surface area contributed by atoms with Gasteiger partial charge in [-0.15, -0.1) is 0 Å². The number of hydrogen-bond acceptors (Lipinski definition) is 4. The number of nitrogen functional groups attached to an aromatic ring is 1. The summed E-state index contributed by atoms with van der Waals surface area (Å²) in [5.74, 6) is 2.08. The Labute approximate surface area is 96.9 Å². The first kappa shape index (κ1) is 11.2. The maximum Gasteiger partial charge on any atom is 0.222 e. The Bertz CT molecular complexity index is 357. The van der Waals surface area contributed by atoms with Gasteiger partial charge in [-0.2, -0.15) is 4.98 Å². The third-order valence-corrected chi connectivity index (χ3v) is 3.27. The van der Waals surface area contributed by atoms with E-state index in [-0.39, 0.29) is 0 Å². The molecule has 2 heterocycles. The largest absolute Gasteiger partial charge is 0.368 e. The van der Waals surface area contributed by atoms with Crippen LogP contribution in [0.1, 0.15) is 32.4 Å². The Morgan fingerprint density at radius 3 is 2.75 bits per heavy atom. The lowest BCUT2D eigenvalue weighted by atomic mass is 9.95. The molecule has 4 nitrogen and oxygen atoms in total. The van der Waals surface area contributed by atoms with Gasteiger partial charge in [0.25, 0.3) is 0 Å². The highest BCUT2D eigenvalue weighted by Crippen LogP contribution is 2.26. The summed E-state index contributed by atoms with van der Waals surface area (Å²) in [7, 11) is 0. The summed E-state index contributed by atoms with van der Waals surface area (Å²) in [5, 5.41) is 0. The minimum atomic E-state index is 0.375. The topological polar surface area (TPSA) is 55.0 Å². The zero-order chi connectivity index (χ0) is 11.7. The first-order chi connectivity index (χ1) is 7.56. The summed E-state index contributed by atoms with van der Waals surface area (Å²) in [6, 6.07) is 2.56. The first-order valence-electron chi connectivity index (χ1n) is 5.94. The molecule has 2 atom stereocenters. The van der Waals surface area contributed by atoms with Crippen LogP contribution in [0.5, 0.6) is 0 Å². The quantitative estimate of drug-likeness (QED) is 0.786. The molecule has 88 valence electrons. The third kappa shape index (κ3) is 2.26. The molecule has 1 saturated heterocycles. The maximum absolute atomic E-state index is 5.70. The molecule has 16 heavy (non-hydrogen) atoms. The van der Waals surface area contributed by atoms with Gasteiger partial charge >= 0.3 is 0 Å². The van der Waals surface area contributed by atoms with E-state index in [9.17, 15) is 0 Å². The smallest absolute Gasteiger partial charge is 0.222 e. The standard InChI is InChI=1S/C12H20N4/c1-8-4-5-10(3)16(7-8)11-6-9(2)14-12(13)15-11/h6,8,10H,4-5,7H2,1-3H3,(H2,13,14,15). The van der Waals surface area contributed by atoms with E-state index in [2.05, 4.69) is 28.7 Å². The van der Waals surface area contributed by atoms with Crippen LogP contribution in [-0.4, -0.2) is 22.6 Å². The van der Waals surface area contributed by atoms with Crippen LogP contribution in [0.25, 0.3) is 0 Å². The lowest BCUT2D eigenvalue weighted by molar-refractivity contribution is 0.388. The lowest BCUT2D eigenvalue weighted by Gasteiger charge is -2.37. The van der Waals surface area contributed by atoms with Crippen molar-refractivity contribution in [3.05, 3.63) is 11.8 Å². The van der Waals surface area contributed by atoms with Gasteiger partial charge in [0.1, 0.15) is 5.82 Å². The molecule has 0 bridgehead atoms. The number of hydrogen-bond donors (Lipinski definition) is 1. The van der Waals surface area contributed by atoms with Crippen LogP contribution in [0.3, 0.4) is 0 Å². The third-order valence-electron chi connectivity index (χ3n) is 3.27. The van der Waals surface area contributed by atoms with Crippen molar-refractivity contribution in [3.8, 4) is 0 Å². The van der Waals surface area contributed by atoms with Crippen molar-refractivity contribution in [2.75, 3.05) is 17.2 Å². The Hall–Kier alpha value is -1.32. The Morgan fingerprint density at radius 1 is 1.31 bits per heavy atom. The molecule has 0 saturated carbocycles. The van der Waals surface area contributed by atoms with Crippen LogP contribution >= 0.6 is 0 Å². The van der Waals surface area contributed by atoms with Gasteiger partial charge in [0.15, 0.2) is 0 Å². The number of aromatic nitrogens is 2. The van der Waals surface area contributed by atoms with E-state index >= 15 is 0 Å². The minimum absolute atomic E-state index is 0.375. The molecule has 2 rings (SSSR count). The van der Waals surface area contributed by atoms with Crippen LogP contribution in [0.2, 0.25) is 0 Å². The second-order valence-corrected chi connectivity index (χ2v) is 4.91. The number of piperidine rings is 1. The van der Waals surface area contributed by atoms with Crippen molar-refractivity contribution >= 4 is 11.8 Å². The molecule has 2 N–H and O–H groups in total. The molecule has 1 aromatic heterocycles. The highest BCUT2D eigenvalue weighted by Gasteiger charge is 2.24. The van der Waals surface area contributed by atoms with Gasteiger partial charge in [-0.05, 0) is 32.6 Å². The second kappa shape index (κ2) is 4.28. The van der Waals surface area contributed by atoms with E-state index < -0.39 is 0 Å². The van der Waals surface area contributed by atoms with Gasteiger partial charge in [-0.25, -0.2) is 4.98 Å². The highest BCUT2D eigenvalue weighted by atomic mass is 15.2. The zero-order valence-electron chi connectivity index (χ0n) is 10.3. The number of anilines is 2. The van der Waals surface area contributed by atoms with E-state index in [1.54, 1.807) is 0 Å². The second-order valence-electron chi connectivity index (χ2n) is 4.91. The van der Waals surface area contributed by atoms with Crippen LogP contribution in [0, 0.1) is 12.8 Å². The van der Waals surface area contributed by atoms with Crippen molar-refractivity contribution < 1.29 is 0 Å². The van der Waals surface area contributed by atoms with Crippen molar-refractivity contribution in [1.82, 2.24) is 9.97 Å². The summed E-state index contributed by atoms with van der Waals surface area (Å²) in [6.45, 7) is 7.56. The van der Waals surface area contributed by atoms with E-state index in [1.807, 2.05) is 13.0 Å². The monoisotopic (exact) mass is 220 g/mol. The Kier molecular flexibility index (Phi) is 2.99. The molecule has 0 aromatic carbocycles. The minimum Gasteiger partial charge on any atom is -0.368 e. The van der Waals surface area contributed by atoms with Crippen molar-refractivity contribution in [3.63, 3.8) is 0 Å². The Morgan fingerprint density at radius 2 is 2.06 bits per heavy atom. The molecule has 1 fully saturated rings. The maximum atomic E-state index is 5.70. The molecule has 0 amide bonds. The summed E-state index contributed by atoms with van der Waals surface area (Å²) in [6.07, 6.45) is 2.53. The fourth-order valence-corrected chi connectivity index (χ4v) is 2.33. The van der Waals surface area contributed by atoms with Crippen LogP contribution in [0.15, 0.2) is 6.07 Å². The van der Waals surface area contributed by atoms with E-state index in [1.165, 1.54) is 12.8 Å². The molecule has 1 aliphatic rings. The van der Waals surface area contributed by atoms with Gasteiger partial charge < -0.3 is 10.6 Å². The molecular formula is C12H20N4. The predicted molar refractivity (Wildman–Crippen MR) is 66.4 cm³/mol. The van der Waals surface area contributed by atoms with Crippen LogP contribution in [-0.2, 0) is 0 Å². The van der Waals surface area contributed by atoms with Crippen LogP contribution < -0.4 is 10.6 Å². The van der Waals surface area contributed by atoms with Gasteiger partial charge in [0.2, 0.25) is 5.95 Å². The van der Waals surface area contributed by atoms with Gasteiger partial charge in [-0.1, -0.05) is 6.92 Å². The van der Waals surface area contributed by atoms with Crippen LogP contribution in [0.4, 0.5) is 11.8 Å². The number of aryl methyl sites for hydroxylation is 1. The predicted octanol–water partition coefficient (Wildman–Crippen LogP) is 1.99. The molecule has 0 spiro atoms. The molecule has 2 unspecified atom stereocenters. The number of rotatable bonds is 1. The van der Waals surface area contributed by atoms with E-state index in [0.29, 0.717) is 12.0 Å². The van der Waals surface area contributed by atoms with Gasteiger partial charge in [0, 0.05) is 24.3 Å². The molecule has 0 radical (unpaired) electrons. The summed E-state index contributed by atoms with van der Waals surface area (Å²) in [5.41, 5.74) is 6.64. The lowest BCUT2D eigenvalue weighted by Crippen LogP contribution is -2.41.